The lowest BCUT2D eigenvalue weighted by atomic mass is 10.1. The highest BCUT2D eigenvalue weighted by atomic mass is 35.5. The van der Waals surface area contributed by atoms with Gasteiger partial charge >= 0.3 is 0 Å². The SMILES string of the molecule is COc1ccc(-n2nccc2NC(=O)C(OC)c2ccc(Cl)cc2)cc1OC. The van der Waals surface area contributed by atoms with Crippen LogP contribution in [-0.2, 0) is 9.53 Å². The summed E-state index contributed by atoms with van der Waals surface area (Å²) in [6, 6.07) is 14.0. The summed E-state index contributed by atoms with van der Waals surface area (Å²) in [6.45, 7) is 0. The number of carbonyl (C=O) groups is 1. The summed E-state index contributed by atoms with van der Waals surface area (Å²) in [5, 5.41) is 7.73. The van der Waals surface area contributed by atoms with Crippen LogP contribution in [0.4, 0.5) is 5.82 Å². The molecule has 146 valence electrons. The fourth-order valence-corrected chi connectivity index (χ4v) is 2.91. The van der Waals surface area contributed by atoms with Gasteiger partial charge < -0.3 is 19.5 Å². The molecular weight excluding hydrogens is 382 g/mol. The van der Waals surface area contributed by atoms with Crippen molar-refractivity contribution in [3.8, 4) is 17.2 Å². The highest BCUT2D eigenvalue weighted by Gasteiger charge is 2.22. The summed E-state index contributed by atoms with van der Waals surface area (Å²) < 4.78 is 17.6. The van der Waals surface area contributed by atoms with E-state index in [-0.39, 0.29) is 5.91 Å². The monoisotopic (exact) mass is 401 g/mol. The van der Waals surface area contributed by atoms with Gasteiger partial charge in [0.1, 0.15) is 5.82 Å². The lowest BCUT2D eigenvalue weighted by molar-refractivity contribution is -0.126. The molecule has 0 fully saturated rings. The topological polar surface area (TPSA) is 74.6 Å². The van der Waals surface area contributed by atoms with Crippen LogP contribution in [-0.4, -0.2) is 37.0 Å². The van der Waals surface area contributed by atoms with Crippen LogP contribution in [0.25, 0.3) is 5.69 Å². The summed E-state index contributed by atoms with van der Waals surface area (Å²) in [7, 11) is 4.60. The first-order valence-electron chi connectivity index (χ1n) is 8.43. The molecule has 28 heavy (non-hydrogen) atoms. The van der Waals surface area contributed by atoms with Crippen molar-refractivity contribution in [1.29, 1.82) is 0 Å². The zero-order chi connectivity index (χ0) is 20.1. The van der Waals surface area contributed by atoms with Crippen LogP contribution < -0.4 is 14.8 Å². The number of carbonyl (C=O) groups excluding carboxylic acids is 1. The fraction of sp³-hybridized carbons (Fsp3) is 0.200. The Kier molecular flexibility index (Phi) is 6.18. The molecule has 1 atom stereocenters. The molecule has 0 bridgehead atoms. The Morgan fingerprint density at radius 3 is 2.39 bits per heavy atom. The Balaban J connectivity index is 1.85. The standard InChI is InChI=1S/C20H20ClN3O4/c1-26-16-9-8-15(12-17(16)27-2)24-18(10-11-22-24)23-20(25)19(28-3)13-4-6-14(21)7-5-13/h4-12,19H,1-3H3,(H,23,25). The van der Waals surface area contributed by atoms with E-state index in [1.54, 1.807) is 67.6 Å². The van der Waals surface area contributed by atoms with Crippen LogP contribution in [0, 0.1) is 0 Å². The number of nitrogens with one attached hydrogen (secondary N) is 1. The molecule has 0 aliphatic heterocycles. The minimum atomic E-state index is -0.786. The quantitative estimate of drug-likeness (QED) is 0.650. The van der Waals surface area contributed by atoms with Crippen LogP contribution in [0.2, 0.25) is 5.02 Å². The summed E-state index contributed by atoms with van der Waals surface area (Å²) in [4.78, 5) is 12.8. The smallest absolute Gasteiger partial charge is 0.259 e. The van der Waals surface area contributed by atoms with Crippen molar-refractivity contribution >= 4 is 23.3 Å². The molecule has 1 amide bonds. The summed E-state index contributed by atoms with van der Waals surface area (Å²) in [5.74, 6) is 1.33. The minimum absolute atomic E-state index is 0.327. The fourth-order valence-electron chi connectivity index (χ4n) is 2.78. The second-order valence-corrected chi connectivity index (χ2v) is 6.26. The number of hydrogen-bond donors (Lipinski definition) is 1. The van der Waals surface area contributed by atoms with Gasteiger partial charge in [0, 0.05) is 24.3 Å². The second-order valence-electron chi connectivity index (χ2n) is 5.82. The highest BCUT2D eigenvalue weighted by Crippen LogP contribution is 2.30. The number of aromatic nitrogens is 2. The van der Waals surface area contributed by atoms with Crippen LogP contribution in [0.3, 0.4) is 0 Å². The molecule has 1 unspecified atom stereocenters. The number of amides is 1. The lowest BCUT2D eigenvalue weighted by Crippen LogP contribution is -2.24. The van der Waals surface area contributed by atoms with Crippen LogP contribution in [0.15, 0.2) is 54.7 Å². The molecule has 2 aromatic carbocycles. The van der Waals surface area contributed by atoms with Gasteiger partial charge in [-0.05, 0) is 29.8 Å². The van der Waals surface area contributed by atoms with Crippen molar-refractivity contribution in [3.05, 3.63) is 65.3 Å². The third-order valence-corrected chi connectivity index (χ3v) is 4.40. The molecule has 0 saturated heterocycles. The van der Waals surface area contributed by atoms with Crippen molar-refractivity contribution in [2.24, 2.45) is 0 Å². The van der Waals surface area contributed by atoms with E-state index in [2.05, 4.69) is 10.4 Å². The van der Waals surface area contributed by atoms with Gasteiger partial charge in [-0.15, -0.1) is 0 Å². The number of rotatable bonds is 7. The lowest BCUT2D eigenvalue weighted by Gasteiger charge is -2.17. The van der Waals surface area contributed by atoms with Gasteiger partial charge in [0.2, 0.25) is 0 Å². The Hall–Kier alpha value is -3.03. The average Bonchev–Trinajstić information content (AvgIpc) is 3.17. The van der Waals surface area contributed by atoms with Gasteiger partial charge in [-0.3, -0.25) is 4.79 Å². The van der Waals surface area contributed by atoms with E-state index >= 15 is 0 Å². The van der Waals surface area contributed by atoms with Crippen molar-refractivity contribution in [2.45, 2.75) is 6.10 Å². The Morgan fingerprint density at radius 1 is 1.04 bits per heavy atom. The van der Waals surface area contributed by atoms with E-state index in [1.807, 2.05) is 6.07 Å². The molecule has 3 aromatic rings. The normalized spacial score (nSPS) is 11.7. The van der Waals surface area contributed by atoms with Crippen LogP contribution in [0.5, 0.6) is 11.5 Å². The molecule has 0 aliphatic rings. The van der Waals surface area contributed by atoms with Crippen LogP contribution >= 0.6 is 11.6 Å². The number of methoxy groups -OCH3 is 3. The first-order valence-corrected chi connectivity index (χ1v) is 8.80. The van der Waals surface area contributed by atoms with Crippen molar-refractivity contribution in [3.63, 3.8) is 0 Å². The van der Waals surface area contributed by atoms with Crippen molar-refractivity contribution < 1.29 is 19.0 Å². The number of halogens is 1. The van der Waals surface area contributed by atoms with E-state index < -0.39 is 6.10 Å². The molecule has 0 spiro atoms. The zero-order valence-electron chi connectivity index (χ0n) is 15.7. The van der Waals surface area contributed by atoms with E-state index in [0.717, 1.165) is 0 Å². The van der Waals surface area contributed by atoms with E-state index in [0.29, 0.717) is 33.6 Å². The second kappa shape index (κ2) is 8.77. The summed E-state index contributed by atoms with van der Waals surface area (Å²) in [6.07, 6.45) is 0.808. The van der Waals surface area contributed by atoms with Crippen LogP contribution in [0.1, 0.15) is 11.7 Å². The van der Waals surface area contributed by atoms with E-state index in [1.165, 1.54) is 7.11 Å². The number of benzene rings is 2. The Labute approximate surface area is 167 Å². The first kappa shape index (κ1) is 19.7. The van der Waals surface area contributed by atoms with Gasteiger partial charge in [0.05, 0.1) is 26.1 Å². The number of hydrogen-bond acceptors (Lipinski definition) is 5. The molecule has 1 aromatic heterocycles. The first-order chi connectivity index (χ1) is 13.6. The predicted molar refractivity (Wildman–Crippen MR) is 106 cm³/mol. The molecule has 7 nitrogen and oxygen atoms in total. The molecule has 8 heteroatoms. The highest BCUT2D eigenvalue weighted by molar-refractivity contribution is 6.30. The van der Waals surface area contributed by atoms with E-state index in [4.69, 9.17) is 25.8 Å². The molecular formula is C20H20ClN3O4. The molecule has 1 heterocycles. The third-order valence-electron chi connectivity index (χ3n) is 4.15. The van der Waals surface area contributed by atoms with Gasteiger partial charge in [-0.25, -0.2) is 4.68 Å². The number of ether oxygens (including phenoxy) is 3. The number of nitrogens with zero attached hydrogens (tertiary/aromatic N) is 2. The molecule has 0 radical (unpaired) electrons. The Bertz CT molecular complexity index is 956. The van der Waals surface area contributed by atoms with Gasteiger partial charge in [0.25, 0.3) is 5.91 Å². The Morgan fingerprint density at radius 2 is 1.75 bits per heavy atom. The summed E-state index contributed by atoms with van der Waals surface area (Å²) in [5.41, 5.74) is 1.40. The van der Waals surface area contributed by atoms with Gasteiger partial charge in [0.15, 0.2) is 17.6 Å². The maximum atomic E-state index is 12.8. The molecule has 0 aliphatic carbocycles. The molecule has 3 rings (SSSR count). The third kappa shape index (κ3) is 4.11. The van der Waals surface area contributed by atoms with Gasteiger partial charge in [-0.2, -0.15) is 5.10 Å². The zero-order valence-corrected chi connectivity index (χ0v) is 16.4. The number of anilines is 1. The predicted octanol–water partition coefficient (Wildman–Crippen LogP) is 3.87. The minimum Gasteiger partial charge on any atom is -0.493 e. The maximum absolute atomic E-state index is 12.8. The maximum Gasteiger partial charge on any atom is 0.259 e. The molecule has 1 N–H and O–H groups in total. The largest absolute Gasteiger partial charge is 0.493 e. The van der Waals surface area contributed by atoms with E-state index in [9.17, 15) is 4.79 Å². The summed E-state index contributed by atoms with van der Waals surface area (Å²) >= 11 is 5.92. The van der Waals surface area contributed by atoms with Crippen molar-refractivity contribution in [2.75, 3.05) is 26.6 Å². The van der Waals surface area contributed by atoms with Gasteiger partial charge in [-0.1, -0.05) is 23.7 Å². The van der Waals surface area contributed by atoms with Crippen molar-refractivity contribution in [1.82, 2.24) is 9.78 Å². The average molecular weight is 402 g/mol. The molecule has 0 saturated carbocycles.